The number of aromatic nitrogens is 4. The van der Waals surface area contributed by atoms with Crippen LogP contribution in [0.25, 0.3) is 33.7 Å². The van der Waals surface area contributed by atoms with Crippen molar-refractivity contribution < 1.29 is 5.11 Å². The predicted octanol–water partition coefficient (Wildman–Crippen LogP) is 3.26. The molecule has 7 nitrogen and oxygen atoms in total. The van der Waals surface area contributed by atoms with Crippen molar-refractivity contribution in [3.05, 3.63) is 111 Å². The fourth-order valence-corrected chi connectivity index (χ4v) is 4.07. The second-order valence-corrected chi connectivity index (χ2v) is 7.76. The van der Waals surface area contributed by atoms with Gasteiger partial charge in [0.25, 0.3) is 5.56 Å². The molecular weight excluding hydrogens is 416 g/mol. The van der Waals surface area contributed by atoms with Gasteiger partial charge in [0.1, 0.15) is 5.82 Å². The molecule has 0 spiro atoms. The molecule has 3 aromatic carbocycles. The molecule has 0 radical (unpaired) electrons. The summed E-state index contributed by atoms with van der Waals surface area (Å²) in [5.74, 6) is 0.525. The number of hydrogen-bond donors (Lipinski definition) is 2. The van der Waals surface area contributed by atoms with Crippen LogP contribution in [0.3, 0.4) is 0 Å². The summed E-state index contributed by atoms with van der Waals surface area (Å²) in [5, 5.41) is 9.68. The van der Waals surface area contributed by atoms with Gasteiger partial charge in [-0.15, -0.1) is 0 Å². The number of aliphatic hydroxyl groups is 1. The Morgan fingerprint density at radius 1 is 0.758 bits per heavy atom. The summed E-state index contributed by atoms with van der Waals surface area (Å²) in [6, 6.07) is 27.4. The topological polar surface area (TPSA) is 92.9 Å². The third-order valence-electron chi connectivity index (χ3n) is 5.64. The average Bonchev–Trinajstić information content (AvgIpc) is 3.23. The number of H-pyrrole nitrogens is 1. The highest BCUT2D eigenvalue weighted by molar-refractivity contribution is 5.78. The Balaban J connectivity index is 1.67. The van der Waals surface area contributed by atoms with E-state index in [1.807, 2.05) is 84.9 Å². The Kier molecular flexibility index (Phi) is 5.46. The molecule has 164 valence electrons. The van der Waals surface area contributed by atoms with Crippen molar-refractivity contribution in [2.24, 2.45) is 0 Å². The van der Waals surface area contributed by atoms with E-state index in [1.165, 1.54) is 4.57 Å². The fourth-order valence-electron chi connectivity index (χ4n) is 4.07. The van der Waals surface area contributed by atoms with Crippen molar-refractivity contribution in [2.75, 3.05) is 6.61 Å². The maximum absolute atomic E-state index is 12.8. The zero-order chi connectivity index (χ0) is 22.8. The standard InChI is InChI=1S/C26H22N4O3/c31-16-15-29-22-24(30(26(33)28-25(22)32)17-18-7-3-1-4-8-18)27-23(29)21-13-11-20(12-14-21)19-9-5-2-6-10-19/h1-14,31H,15-17H2,(H,28,32,33). The van der Waals surface area contributed by atoms with Crippen LogP contribution < -0.4 is 11.2 Å². The zero-order valence-corrected chi connectivity index (χ0v) is 17.8. The van der Waals surface area contributed by atoms with Gasteiger partial charge in [-0.2, -0.15) is 0 Å². The van der Waals surface area contributed by atoms with E-state index in [0.29, 0.717) is 11.5 Å². The lowest BCUT2D eigenvalue weighted by atomic mass is 10.0. The smallest absolute Gasteiger partial charge is 0.330 e. The van der Waals surface area contributed by atoms with E-state index in [4.69, 9.17) is 4.98 Å². The summed E-state index contributed by atoms with van der Waals surface area (Å²) in [6.07, 6.45) is 0. The molecule has 2 aromatic heterocycles. The normalized spacial score (nSPS) is 11.2. The Hall–Kier alpha value is -4.23. The molecule has 33 heavy (non-hydrogen) atoms. The molecule has 5 aromatic rings. The van der Waals surface area contributed by atoms with Gasteiger partial charge in [-0.25, -0.2) is 9.78 Å². The van der Waals surface area contributed by atoms with Gasteiger partial charge in [-0.1, -0.05) is 84.9 Å². The fraction of sp³-hybridized carbons (Fsp3) is 0.115. The maximum Gasteiger partial charge on any atom is 0.330 e. The van der Waals surface area contributed by atoms with Crippen molar-refractivity contribution in [3.8, 4) is 22.5 Å². The molecule has 0 bridgehead atoms. The summed E-state index contributed by atoms with van der Waals surface area (Å²) in [7, 11) is 0. The first kappa shape index (κ1) is 20.7. The molecule has 5 rings (SSSR count). The molecule has 0 aliphatic heterocycles. The van der Waals surface area contributed by atoms with Crippen LogP contribution >= 0.6 is 0 Å². The quantitative estimate of drug-likeness (QED) is 0.426. The lowest BCUT2D eigenvalue weighted by Crippen LogP contribution is -2.31. The minimum Gasteiger partial charge on any atom is -0.395 e. The van der Waals surface area contributed by atoms with Crippen molar-refractivity contribution in [1.29, 1.82) is 0 Å². The van der Waals surface area contributed by atoms with Gasteiger partial charge in [-0.3, -0.25) is 14.3 Å². The number of nitrogens with zero attached hydrogens (tertiary/aromatic N) is 3. The third kappa shape index (κ3) is 3.90. The molecule has 0 atom stereocenters. The molecule has 2 N–H and O–H groups in total. The second kappa shape index (κ2) is 8.72. The largest absolute Gasteiger partial charge is 0.395 e. The number of imidazole rings is 1. The molecule has 0 saturated heterocycles. The molecular formula is C26H22N4O3. The number of nitrogens with one attached hydrogen (secondary N) is 1. The van der Waals surface area contributed by atoms with Crippen LogP contribution in [-0.2, 0) is 13.1 Å². The zero-order valence-electron chi connectivity index (χ0n) is 17.8. The minimum absolute atomic E-state index is 0.169. The van der Waals surface area contributed by atoms with Crippen molar-refractivity contribution in [2.45, 2.75) is 13.1 Å². The summed E-state index contributed by atoms with van der Waals surface area (Å²) in [6.45, 7) is 0.284. The Labute approximate surface area is 189 Å². The molecule has 0 aliphatic carbocycles. The number of rotatable bonds is 6. The first-order chi connectivity index (χ1) is 16.2. The van der Waals surface area contributed by atoms with Crippen LogP contribution in [0.5, 0.6) is 0 Å². The summed E-state index contributed by atoms with van der Waals surface area (Å²) < 4.78 is 3.13. The van der Waals surface area contributed by atoms with Crippen LogP contribution in [0, 0.1) is 0 Å². The highest BCUT2D eigenvalue weighted by atomic mass is 16.3. The van der Waals surface area contributed by atoms with Gasteiger partial charge in [0.15, 0.2) is 11.2 Å². The van der Waals surface area contributed by atoms with E-state index < -0.39 is 11.2 Å². The summed E-state index contributed by atoms with van der Waals surface area (Å²) in [4.78, 5) is 32.6. The first-order valence-electron chi connectivity index (χ1n) is 10.7. The Morgan fingerprint density at radius 2 is 1.36 bits per heavy atom. The van der Waals surface area contributed by atoms with Gasteiger partial charge in [0, 0.05) is 12.1 Å². The van der Waals surface area contributed by atoms with Gasteiger partial charge >= 0.3 is 5.69 Å². The Morgan fingerprint density at radius 3 is 2.03 bits per heavy atom. The van der Waals surface area contributed by atoms with E-state index in [2.05, 4.69) is 4.98 Å². The second-order valence-electron chi connectivity index (χ2n) is 7.76. The Bertz CT molecular complexity index is 1520. The van der Waals surface area contributed by atoms with Crippen LogP contribution in [0.2, 0.25) is 0 Å². The van der Waals surface area contributed by atoms with E-state index in [0.717, 1.165) is 22.3 Å². The maximum atomic E-state index is 12.8. The van der Waals surface area contributed by atoms with Gasteiger partial charge in [-0.05, 0) is 16.7 Å². The molecule has 0 fully saturated rings. The van der Waals surface area contributed by atoms with E-state index in [1.54, 1.807) is 4.57 Å². The molecule has 0 saturated carbocycles. The van der Waals surface area contributed by atoms with Crippen LogP contribution in [0.4, 0.5) is 0 Å². The van der Waals surface area contributed by atoms with Gasteiger partial charge in [0.2, 0.25) is 0 Å². The number of hydrogen-bond acceptors (Lipinski definition) is 4. The minimum atomic E-state index is -0.521. The molecule has 0 unspecified atom stereocenters. The summed E-state index contributed by atoms with van der Waals surface area (Å²) in [5.41, 5.74) is 3.38. The summed E-state index contributed by atoms with van der Waals surface area (Å²) >= 11 is 0. The van der Waals surface area contributed by atoms with Crippen LogP contribution in [0.1, 0.15) is 5.56 Å². The molecule has 2 heterocycles. The average molecular weight is 438 g/mol. The number of fused-ring (bicyclic) bond motifs is 1. The monoisotopic (exact) mass is 438 g/mol. The van der Waals surface area contributed by atoms with Crippen LogP contribution in [0.15, 0.2) is 94.5 Å². The van der Waals surface area contributed by atoms with Crippen molar-refractivity contribution in [1.82, 2.24) is 19.1 Å². The number of aromatic amines is 1. The predicted molar refractivity (Wildman–Crippen MR) is 128 cm³/mol. The lowest BCUT2D eigenvalue weighted by Gasteiger charge is -2.08. The molecule has 0 amide bonds. The SMILES string of the molecule is O=c1[nH]c(=O)n(Cc2ccccc2)c2nc(-c3ccc(-c4ccccc4)cc3)n(CCO)c12. The highest BCUT2D eigenvalue weighted by Crippen LogP contribution is 2.26. The van der Waals surface area contributed by atoms with Crippen molar-refractivity contribution >= 4 is 11.2 Å². The highest BCUT2D eigenvalue weighted by Gasteiger charge is 2.19. The van der Waals surface area contributed by atoms with Crippen LogP contribution in [-0.4, -0.2) is 30.8 Å². The van der Waals surface area contributed by atoms with Gasteiger partial charge < -0.3 is 9.67 Å². The lowest BCUT2D eigenvalue weighted by molar-refractivity contribution is 0.278. The van der Waals surface area contributed by atoms with E-state index in [9.17, 15) is 14.7 Å². The first-order valence-corrected chi connectivity index (χ1v) is 10.7. The third-order valence-corrected chi connectivity index (χ3v) is 5.64. The number of aliphatic hydroxyl groups excluding tert-OH is 1. The molecule has 7 heteroatoms. The number of benzene rings is 3. The van der Waals surface area contributed by atoms with Crippen molar-refractivity contribution in [3.63, 3.8) is 0 Å². The molecule has 0 aliphatic rings. The van der Waals surface area contributed by atoms with E-state index in [-0.39, 0.29) is 25.2 Å². The van der Waals surface area contributed by atoms with Gasteiger partial charge in [0.05, 0.1) is 13.2 Å². The van der Waals surface area contributed by atoms with E-state index >= 15 is 0 Å².